The summed E-state index contributed by atoms with van der Waals surface area (Å²) in [6, 6.07) is 6.90. The number of nitrogens with one attached hydrogen (secondary N) is 1. The molecule has 0 bridgehead atoms. The van der Waals surface area contributed by atoms with E-state index in [0.717, 1.165) is 5.69 Å². The summed E-state index contributed by atoms with van der Waals surface area (Å²) < 4.78 is 0. The van der Waals surface area contributed by atoms with Crippen molar-refractivity contribution in [2.24, 2.45) is 5.73 Å². The highest BCUT2D eigenvalue weighted by Gasteiger charge is 2.11. The lowest BCUT2D eigenvalue weighted by Crippen LogP contribution is -2.34. The van der Waals surface area contributed by atoms with Crippen LogP contribution in [-0.2, 0) is 4.79 Å². The van der Waals surface area contributed by atoms with Gasteiger partial charge in [0, 0.05) is 11.4 Å². The van der Waals surface area contributed by atoms with Crippen LogP contribution in [0.3, 0.4) is 0 Å². The number of primary amides is 1. The first-order valence-corrected chi connectivity index (χ1v) is 4.55. The zero-order valence-electron chi connectivity index (χ0n) is 8.16. The van der Waals surface area contributed by atoms with Gasteiger partial charge in [-0.1, -0.05) is 13.0 Å². The maximum atomic E-state index is 10.9. The summed E-state index contributed by atoms with van der Waals surface area (Å²) in [6.45, 7) is 1.90. The van der Waals surface area contributed by atoms with E-state index in [9.17, 15) is 4.79 Å². The number of amides is 1. The van der Waals surface area contributed by atoms with Crippen molar-refractivity contribution in [1.82, 2.24) is 0 Å². The highest BCUT2D eigenvalue weighted by atomic mass is 16.1. The molecule has 5 N–H and O–H groups in total. The Kier molecular flexibility index (Phi) is 3.34. The number of rotatable bonds is 4. The van der Waals surface area contributed by atoms with Gasteiger partial charge in [0.05, 0.1) is 0 Å². The van der Waals surface area contributed by atoms with Crippen LogP contribution in [0.5, 0.6) is 0 Å². The van der Waals surface area contributed by atoms with Gasteiger partial charge in [-0.05, 0) is 24.6 Å². The fourth-order valence-electron chi connectivity index (χ4n) is 1.20. The molecular weight excluding hydrogens is 178 g/mol. The first-order chi connectivity index (χ1) is 6.63. The second kappa shape index (κ2) is 4.50. The molecule has 1 rings (SSSR count). The van der Waals surface area contributed by atoms with E-state index in [-0.39, 0.29) is 11.9 Å². The summed E-state index contributed by atoms with van der Waals surface area (Å²) in [4.78, 5) is 10.9. The van der Waals surface area contributed by atoms with Crippen molar-refractivity contribution < 1.29 is 4.79 Å². The molecule has 4 nitrogen and oxygen atoms in total. The molecule has 1 atom stereocenters. The van der Waals surface area contributed by atoms with E-state index in [1.807, 2.05) is 19.1 Å². The van der Waals surface area contributed by atoms with E-state index >= 15 is 0 Å². The second-order valence-corrected chi connectivity index (χ2v) is 3.13. The normalized spacial score (nSPS) is 12.1. The first-order valence-electron chi connectivity index (χ1n) is 4.55. The Morgan fingerprint density at radius 1 is 1.57 bits per heavy atom. The van der Waals surface area contributed by atoms with Crippen LogP contribution >= 0.6 is 0 Å². The third kappa shape index (κ3) is 2.65. The van der Waals surface area contributed by atoms with Gasteiger partial charge in [0.2, 0.25) is 5.91 Å². The van der Waals surface area contributed by atoms with Crippen molar-refractivity contribution in [3.63, 3.8) is 0 Å². The summed E-state index contributed by atoms with van der Waals surface area (Å²) >= 11 is 0. The van der Waals surface area contributed by atoms with Crippen LogP contribution in [0.25, 0.3) is 0 Å². The van der Waals surface area contributed by atoms with Crippen LogP contribution in [0.4, 0.5) is 11.4 Å². The molecule has 0 aliphatic carbocycles. The Labute approximate surface area is 83.3 Å². The maximum Gasteiger partial charge on any atom is 0.239 e. The molecule has 0 saturated carbocycles. The molecule has 0 aliphatic rings. The van der Waals surface area contributed by atoms with Crippen LogP contribution in [0.2, 0.25) is 0 Å². The van der Waals surface area contributed by atoms with E-state index in [2.05, 4.69) is 5.32 Å². The molecule has 0 spiro atoms. The maximum absolute atomic E-state index is 10.9. The predicted molar refractivity (Wildman–Crippen MR) is 57.8 cm³/mol. The predicted octanol–water partition coefficient (Wildman–Crippen LogP) is 0.945. The summed E-state index contributed by atoms with van der Waals surface area (Å²) in [7, 11) is 0. The number of carbonyl (C=O) groups excluding carboxylic acids is 1. The zero-order valence-corrected chi connectivity index (χ0v) is 8.16. The standard InChI is InChI=1S/C10H15N3O/c1-2-9(10(12)14)13-8-5-3-4-7(11)6-8/h3-6,9,13H,2,11H2,1H3,(H2,12,14). The molecule has 4 heteroatoms. The average Bonchev–Trinajstić information content (AvgIpc) is 2.14. The Balaban J connectivity index is 2.72. The molecule has 0 aromatic heterocycles. The quantitative estimate of drug-likeness (QED) is 0.622. The number of benzene rings is 1. The Bertz CT molecular complexity index is 325. The highest BCUT2D eigenvalue weighted by molar-refractivity contribution is 5.83. The molecule has 14 heavy (non-hydrogen) atoms. The van der Waals surface area contributed by atoms with Gasteiger partial charge in [-0.3, -0.25) is 4.79 Å². The summed E-state index contributed by atoms with van der Waals surface area (Å²) in [5.74, 6) is -0.352. The van der Waals surface area contributed by atoms with Crippen molar-refractivity contribution in [1.29, 1.82) is 0 Å². The molecule has 0 radical (unpaired) electrons. The fourth-order valence-corrected chi connectivity index (χ4v) is 1.20. The number of carbonyl (C=O) groups is 1. The van der Waals surface area contributed by atoms with Crippen molar-refractivity contribution in [2.45, 2.75) is 19.4 Å². The molecular formula is C10H15N3O. The van der Waals surface area contributed by atoms with Crippen molar-refractivity contribution in [3.8, 4) is 0 Å². The molecule has 0 fully saturated rings. The van der Waals surface area contributed by atoms with E-state index in [1.165, 1.54) is 0 Å². The monoisotopic (exact) mass is 193 g/mol. The van der Waals surface area contributed by atoms with Gasteiger partial charge < -0.3 is 16.8 Å². The van der Waals surface area contributed by atoms with Crippen LogP contribution < -0.4 is 16.8 Å². The van der Waals surface area contributed by atoms with Crippen molar-refractivity contribution in [2.75, 3.05) is 11.1 Å². The molecule has 0 heterocycles. The minimum atomic E-state index is -0.352. The van der Waals surface area contributed by atoms with Crippen LogP contribution in [0.1, 0.15) is 13.3 Å². The molecule has 1 aromatic rings. The van der Waals surface area contributed by atoms with Crippen LogP contribution in [0, 0.1) is 0 Å². The molecule has 0 aliphatic heterocycles. The molecule has 1 aromatic carbocycles. The summed E-state index contributed by atoms with van der Waals surface area (Å²) in [5, 5.41) is 3.01. The Morgan fingerprint density at radius 2 is 2.29 bits per heavy atom. The minimum Gasteiger partial charge on any atom is -0.399 e. The van der Waals surface area contributed by atoms with E-state index in [1.54, 1.807) is 12.1 Å². The van der Waals surface area contributed by atoms with Crippen molar-refractivity contribution in [3.05, 3.63) is 24.3 Å². The van der Waals surface area contributed by atoms with Gasteiger partial charge in [0.25, 0.3) is 0 Å². The smallest absolute Gasteiger partial charge is 0.239 e. The molecule has 76 valence electrons. The topological polar surface area (TPSA) is 81.1 Å². The van der Waals surface area contributed by atoms with Gasteiger partial charge in [-0.25, -0.2) is 0 Å². The summed E-state index contributed by atoms with van der Waals surface area (Å²) in [5.41, 5.74) is 12.3. The number of nitrogens with two attached hydrogens (primary N) is 2. The minimum absolute atomic E-state index is 0.336. The highest BCUT2D eigenvalue weighted by Crippen LogP contribution is 2.13. The molecule has 0 saturated heterocycles. The van der Waals surface area contributed by atoms with Gasteiger partial charge >= 0.3 is 0 Å². The Morgan fingerprint density at radius 3 is 2.79 bits per heavy atom. The van der Waals surface area contributed by atoms with Gasteiger partial charge in [0.15, 0.2) is 0 Å². The van der Waals surface area contributed by atoms with E-state index in [4.69, 9.17) is 11.5 Å². The largest absolute Gasteiger partial charge is 0.399 e. The van der Waals surface area contributed by atoms with Gasteiger partial charge in [0.1, 0.15) is 6.04 Å². The van der Waals surface area contributed by atoms with Gasteiger partial charge in [-0.2, -0.15) is 0 Å². The third-order valence-electron chi connectivity index (χ3n) is 1.98. The zero-order chi connectivity index (χ0) is 10.6. The Hall–Kier alpha value is -1.71. The van der Waals surface area contributed by atoms with Crippen LogP contribution in [-0.4, -0.2) is 11.9 Å². The van der Waals surface area contributed by atoms with E-state index < -0.39 is 0 Å². The number of nitrogen functional groups attached to an aromatic ring is 1. The SMILES string of the molecule is CCC(Nc1cccc(N)c1)C(N)=O. The molecule has 1 unspecified atom stereocenters. The lowest BCUT2D eigenvalue weighted by molar-refractivity contribution is -0.118. The number of hydrogen-bond donors (Lipinski definition) is 3. The van der Waals surface area contributed by atoms with Crippen LogP contribution in [0.15, 0.2) is 24.3 Å². The third-order valence-corrected chi connectivity index (χ3v) is 1.98. The van der Waals surface area contributed by atoms with Crippen molar-refractivity contribution >= 4 is 17.3 Å². The van der Waals surface area contributed by atoms with E-state index in [0.29, 0.717) is 12.1 Å². The molecule has 1 amide bonds. The van der Waals surface area contributed by atoms with Gasteiger partial charge in [-0.15, -0.1) is 0 Å². The number of anilines is 2. The fraction of sp³-hybridized carbons (Fsp3) is 0.300. The lowest BCUT2D eigenvalue weighted by atomic mass is 10.2. The lowest BCUT2D eigenvalue weighted by Gasteiger charge is -2.14. The second-order valence-electron chi connectivity index (χ2n) is 3.13. The summed E-state index contributed by atoms with van der Waals surface area (Å²) in [6.07, 6.45) is 0.657. The first kappa shape index (κ1) is 10.4. The average molecular weight is 193 g/mol. The number of hydrogen-bond acceptors (Lipinski definition) is 3.